The number of aliphatic carboxylic acids is 1. The maximum absolute atomic E-state index is 16.0. The van der Waals surface area contributed by atoms with Crippen molar-refractivity contribution in [3.05, 3.63) is 91.9 Å². The molecule has 2 atom stereocenters. The van der Waals surface area contributed by atoms with Crippen LogP contribution in [0.4, 0.5) is 30.7 Å². The molecule has 5 rings (SSSR count). The fourth-order valence-electron chi connectivity index (χ4n) is 7.33. The van der Waals surface area contributed by atoms with Gasteiger partial charge in [0, 0.05) is 50.1 Å². The Morgan fingerprint density at radius 3 is 2.38 bits per heavy atom. The average Bonchev–Trinajstić information content (AvgIpc) is 3.04. The molecule has 0 spiro atoms. The van der Waals surface area contributed by atoms with Crippen LogP contribution in [0.1, 0.15) is 96.8 Å². The number of carbonyl (C=O) groups excluding carboxylic acids is 1. The molecule has 15 heteroatoms. The largest absolute Gasteiger partial charge is 0.481 e. The molecule has 2 aliphatic heterocycles. The van der Waals surface area contributed by atoms with E-state index in [2.05, 4.69) is 5.32 Å². The van der Waals surface area contributed by atoms with Crippen LogP contribution in [0.3, 0.4) is 0 Å². The molecular formula is C38H42F7N3O5. The minimum Gasteiger partial charge on any atom is -0.481 e. The molecule has 8 nitrogen and oxygen atoms in total. The lowest BCUT2D eigenvalue weighted by molar-refractivity contribution is -0.140. The molecule has 288 valence electrons. The van der Waals surface area contributed by atoms with Gasteiger partial charge >= 0.3 is 12.1 Å². The van der Waals surface area contributed by atoms with Crippen LogP contribution in [0.15, 0.2) is 41.3 Å². The van der Waals surface area contributed by atoms with Crippen LogP contribution in [0, 0.1) is 18.6 Å². The summed E-state index contributed by atoms with van der Waals surface area (Å²) in [6, 6.07) is 1.50. The predicted molar refractivity (Wildman–Crippen MR) is 182 cm³/mol. The Hall–Kier alpha value is -4.24. The second-order valence-corrected chi connectivity index (χ2v) is 13.8. The maximum Gasteiger partial charge on any atom is 0.419 e. The Morgan fingerprint density at radius 2 is 1.72 bits per heavy atom. The Labute approximate surface area is 301 Å². The first-order valence-corrected chi connectivity index (χ1v) is 17.6. The van der Waals surface area contributed by atoms with Crippen molar-refractivity contribution in [2.45, 2.75) is 95.5 Å². The van der Waals surface area contributed by atoms with Crippen molar-refractivity contribution in [2.24, 2.45) is 0 Å². The molecule has 0 radical (unpaired) electrons. The molecular weight excluding hydrogens is 711 g/mol. The number of halogens is 7. The summed E-state index contributed by atoms with van der Waals surface area (Å²) in [5.41, 5.74) is -3.02. The van der Waals surface area contributed by atoms with E-state index in [0.717, 1.165) is 22.8 Å². The van der Waals surface area contributed by atoms with Gasteiger partial charge in [-0.3, -0.25) is 19.3 Å². The van der Waals surface area contributed by atoms with Crippen molar-refractivity contribution in [3.8, 4) is 11.1 Å². The van der Waals surface area contributed by atoms with E-state index in [0.29, 0.717) is 63.4 Å². The van der Waals surface area contributed by atoms with Gasteiger partial charge in [-0.2, -0.15) is 13.2 Å². The van der Waals surface area contributed by atoms with E-state index in [1.165, 1.54) is 19.2 Å². The molecule has 3 heterocycles. The van der Waals surface area contributed by atoms with Gasteiger partial charge in [-0.15, -0.1) is 0 Å². The van der Waals surface area contributed by atoms with Gasteiger partial charge in [0.25, 0.3) is 12.0 Å². The summed E-state index contributed by atoms with van der Waals surface area (Å²) in [5.74, 6) is -4.96. The van der Waals surface area contributed by atoms with E-state index in [1.54, 1.807) is 7.11 Å². The topological polar surface area (TPSA) is 101 Å². The molecule has 0 saturated carbocycles. The number of rotatable bonds is 8. The number of pyridine rings is 1. The van der Waals surface area contributed by atoms with Gasteiger partial charge in [0.15, 0.2) is 0 Å². The number of carboxylic acids is 1. The third-order valence-electron chi connectivity index (χ3n) is 10.1. The van der Waals surface area contributed by atoms with Crippen LogP contribution < -0.4 is 10.9 Å². The minimum atomic E-state index is -5.24. The lowest BCUT2D eigenvalue weighted by atomic mass is 9.87. The molecule has 0 unspecified atom stereocenters. The van der Waals surface area contributed by atoms with E-state index in [-0.39, 0.29) is 47.6 Å². The Kier molecular flexibility index (Phi) is 12.7. The van der Waals surface area contributed by atoms with Crippen LogP contribution >= 0.6 is 0 Å². The highest BCUT2D eigenvalue weighted by molar-refractivity contribution is 5.82. The van der Waals surface area contributed by atoms with Gasteiger partial charge in [-0.25, -0.2) is 17.6 Å². The molecule has 2 aliphatic rings. The van der Waals surface area contributed by atoms with Crippen molar-refractivity contribution in [2.75, 3.05) is 26.7 Å². The summed E-state index contributed by atoms with van der Waals surface area (Å²) in [7, 11) is 1.57. The van der Waals surface area contributed by atoms with Crippen LogP contribution in [0.2, 0.25) is 0 Å². The van der Waals surface area contributed by atoms with E-state index in [4.69, 9.17) is 4.74 Å². The molecule has 1 amide bonds. The second kappa shape index (κ2) is 16.8. The number of aromatic nitrogens is 1. The van der Waals surface area contributed by atoms with Gasteiger partial charge in [0.2, 0.25) is 5.91 Å². The quantitative estimate of drug-likeness (QED) is 0.229. The molecule has 1 aromatic heterocycles. The minimum absolute atomic E-state index is 0.00972. The fraction of sp³-hybridized carbons (Fsp3) is 0.500. The number of hydrogen-bond donors (Lipinski definition) is 2. The average molecular weight is 754 g/mol. The van der Waals surface area contributed by atoms with Crippen LogP contribution in [-0.4, -0.2) is 59.3 Å². The Balaban J connectivity index is 1.62. The van der Waals surface area contributed by atoms with E-state index < -0.39 is 76.9 Å². The molecule has 2 N–H and O–H groups in total. The molecule has 2 bridgehead atoms. The molecule has 3 aromatic rings. The van der Waals surface area contributed by atoms with E-state index in [9.17, 15) is 45.8 Å². The number of benzene rings is 2. The van der Waals surface area contributed by atoms with Gasteiger partial charge in [-0.05, 0) is 84.7 Å². The third kappa shape index (κ3) is 9.47. The molecule has 0 aliphatic carbocycles. The number of alkyl halides is 5. The first-order valence-electron chi connectivity index (χ1n) is 17.6. The summed E-state index contributed by atoms with van der Waals surface area (Å²) in [5, 5.41) is 12.2. The molecule has 53 heavy (non-hydrogen) atoms. The highest BCUT2D eigenvalue weighted by Gasteiger charge is 2.38. The summed E-state index contributed by atoms with van der Waals surface area (Å²) in [6.45, 7) is 3.04. The molecule has 1 fully saturated rings. The van der Waals surface area contributed by atoms with E-state index >= 15 is 4.39 Å². The number of amides is 1. The van der Waals surface area contributed by atoms with Gasteiger partial charge in [0.05, 0.1) is 24.1 Å². The van der Waals surface area contributed by atoms with Crippen molar-refractivity contribution >= 4 is 11.9 Å². The van der Waals surface area contributed by atoms with Crippen molar-refractivity contribution in [1.82, 2.24) is 14.8 Å². The third-order valence-corrected chi connectivity index (χ3v) is 10.1. The van der Waals surface area contributed by atoms with Crippen LogP contribution in [0.25, 0.3) is 11.1 Å². The lowest BCUT2D eigenvalue weighted by Gasteiger charge is -2.38. The highest BCUT2D eigenvalue weighted by atomic mass is 19.4. The normalized spacial score (nSPS) is 19.5. The zero-order valence-electron chi connectivity index (χ0n) is 29.4. The number of nitrogens with zero attached hydrogens (tertiary/aromatic N) is 2. The Morgan fingerprint density at radius 1 is 1.02 bits per heavy atom. The van der Waals surface area contributed by atoms with Crippen molar-refractivity contribution < 1.29 is 50.2 Å². The maximum atomic E-state index is 16.0. The standard InChI is InChI=1S/C38H42F7N3O5/c1-21-12-25(39)13-22-8-6-4-3-5-7-9-31(48-18-23(27(36(41)42)16-32(48)49)10-11-47-19-26(20-47)53-2)37(52)46-30(17-33(50)51)28-14-24(34(21)22)15-29(35(28)40)38(43,44)45/h12-16,18,26,30-31,36H,3-11,17,19-20H2,1-2H3,(H,46,52)(H,50,51)/t30-,31-/m0/s1. The van der Waals surface area contributed by atoms with Crippen molar-refractivity contribution in [3.63, 3.8) is 0 Å². The first-order chi connectivity index (χ1) is 25.1. The predicted octanol–water partition coefficient (Wildman–Crippen LogP) is 7.70. The van der Waals surface area contributed by atoms with Crippen molar-refractivity contribution in [1.29, 1.82) is 0 Å². The zero-order valence-corrected chi connectivity index (χ0v) is 29.4. The number of hydrogen-bond acceptors (Lipinski definition) is 5. The van der Waals surface area contributed by atoms with E-state index in [1.807, 2.05) is 4.90 Å². The fourth-order valence-corrected chi connectivity index (χ4v) is 7.33. The summed E-state index contributed by atoms with van der Waals surface area (Å²) in [6.07, 6.45) is -4.92. The number of methoxy groups -OCH3 is 1. The number of nitrogens with one attached hydrogen (secondary N) is 1. The summed E-state index contributed by atoms with van der Waals surface area (Å²) in [4.78, 5) is 41.6. The number of carboxylic acid groups (broad SMARTS) is 1. The van der Waals surface area contributed by atoms with Crippen LogP contribution in [-0.2, 0) is 33.3 Å². The summed E-state index contributed by atoms with van der Waals surface area (Å²) >= 11 is 0. The molecule has 2 aromatic carbocycles. The number of likely N-dealkylation sites (tertiary alicyclic amines) is 1. The van der Waals surface area contributed by atoms with Gasteiger partial charge < -0.3 is 19.7 Å². The lowest BCUT2D eigenvalue weighted by Crippen LogP contribution is -2.52. The summed E-state index contributed by atoms with van der Waals surface area (Å²) < 4.78 is 108. The number of ether oxygens (including phenoxy) is 1. The highest BCUT2D eigenvalue weighted by Crippen LogP contribution is 2.41. The smallest absolute Gasteiger partial charge is 0.419 e. The first kappa shape index (κ1) is 40.0. The number of fused-ring (bicyclic) bond motifs is 4. The zero-order chi connectivity index (χ0) is 38.6. The number of carbonyl (C=O) groups is 2. The second-order valence-electron chi connectivity index (χ2n) is 13.8. The SMILES string of the molecule is COC1CN(CCc2cn([C@H]3CCCCCCCc4cc(F)cc(C)c4-c4cc(c(F)c(C(F)(F)F)c4)[C@H](CC(=O)O)NC3=O)c(=O)cc2C(F)F)C1. The van der Waals surface area contributed by atoms with Gasteiger partial charge in [0.1, 0.15) is 17.7 Å². The Bertz CT molecular complexity index is 1870. The van der Waals surface area contributed by atoms with Crippen LogP contribution in [0.5, 0.6) is 0 Å². The van der Waals surface area contributed by atoms with Gasteiger partial charge in [-0.1, -0.05) is 25.7 Å². The number of aryl methyl sites for hydroxylation is 2. The molecule has 1 saturated heterocycles. The monoisotopic (exact) mass is 753 g/mol.